The minimum absolute atomic E-state index is 0.452. The number of rotatable bonds is 7. The zero-order valence-corrected chi connectivity index (χ0v) is 10.8. The van der Waals surface area contributed by atoms with Crippen LogP contribution in [0.2, 0.25) is 0 Å². The second kappa shape index (κ2) is 7.17. The van der Waals surface area contributed by atoms with Crippen molar-refractivity contribution >= 4 is 11.8 Å². The second-order valence-electron chi connectivity index (χ2n) is 4.94. The molecule has 0 aromatic rings. The van der Waals surface area contributed by atoms with E-state index in [1.807, 2.05) is 17.8 Å². The molecule has 0 bridgehead atoms. The predicted molar refractivity (Wildman–Crippen MR) is 70.0 cm³/mol. The molecule has 1 heteroatoms. The zero-order chi connectivity index (χ0) is 11.0. The van der Waals surface area contributed by atoms with Crippen LogP contribution in [-0.2, 0) is 0 Å². The lowest BCUT2D eigenvalue weighted by Crippen LogP contribution is -2.08. The lowest BCUT2D eigenvalue weighted by atomic mass is 10.0. The van der Waals surface area contributed by atoms with Crippen LogP contribution in [0.5, 0.6) is 0 Å². The molecule has 0 fully saturated rings. The fraction of sp³-hybridized carbons (Fsp3) is 0.692. The molecular formula is C13H24S. The van der Waals surface area contributed by atoms with Crippen molar-refractivity contribution in [1.82, 2.24) is 0 Å². The van der Waals surface area contributed by atoms with Crippen molar-refractivity contribution in [3.05, 3.63) is 24.8 Å². The van der Waals surface area contributed by atoms with Gasteiger partial charge in [0.15, 0.2) is 0 Å². The predicted octanol–water partition coefficient (Wildman–Crippen LogP) is 4.68. The molecule has 0 N–H and O–H groups in total. The average Bonchev–Trinajstić information content (AvgIpc) is 2.07. The topological polar surface area (TPSA) is 0 Å². The van der Waals surface area contributed by atoms with Crippen LogP contribution in [0.3, 0.4) is 0 Å². The summed E-state index contributed by atoms with van der Waals surface area (Å²) >= 11 is 2.04. The van der Waals surface area contributed by atoms with Crippen LogP contribution in [0.25, 0.3) is 0 Å². The van der Waals surface area contributed by atoms with Gasteiger partial charge in [-0.15, -0.1) is 6.58 Å². The van der Waals surface area contributed by atoms with Gasteiger partial charge in [-0.25, -0.2) is 0 Å². The van der Waals surface area contributed by atoms with E-state index in [0.717, 1.165) is 19.3 Å². The lowest BCUT2D eigenvalue weighted by molar-refractivity contribution is 0.481. The molecule has 14 heavy (non-hydrogen) atoms. The number of allylic oxidation sites excluding steroid dienone is 2. The van der Waals surface area contributed by atoms with Crippen LogP contribution in [0, 0.1) is 5.41 Å². The van der Waals surface area contributed by atoms with E-state index in [-0.39, 0.29) is 0 Å². The second-order valence-corrected chi connectivity index (χ2v) is 6.05. The molecule has 0 saturated heterocycles. The van der Waals surface area contributed by atoms with Crippen molar-refractivity contribution < 1.29 is 0 Å². The van der Waals surface area contributed by atoms with Gasteiger partial charge in [0.2, 0.25) is 0 Å². The molecule has 0 aliphatic rings. The van der Waals surface area contributed by atoms with Crippen molar-refractivity contribution in [2.45, 2.75) is 40.0 Å². The van der Waals surface area contributed by atoms with Gasteiger partial charge in [0.1, 0.15) is 0 Å². The molecule has 0 spiro atoms. The Morgan fingerprint density at radius 2 is 1.93 bits per heavy atom. The smallest absolute Gasteiger partial charge is 0.00186 e. The van der Waals surface area contributed by atoms with E-state index < -0.39 is 0 Å². The fourth-order valence-corrected chi connectivity index (χ4v) is 2.22. The quantitative estimate of drug-likeness (QED) is 0.436. The van der Waals surface area contributed by atoms with Crippen molar-refractivity contribution in [1.29, 1.82) is 0 Å². The first-order valence-corrected chi connectivity index (χ1v) is 6.46. The Kier molecular flexibility index (Phi) is 7.08. The third-order valence-corrected chi connectivity index (χ3v) is 3.40. The molecule has 0 unspecified atom stereocenters. The van der Waals surface area contributed by atoms with E-state index in [1.165, 1.54) is 17.1 Å². The first-order chi connectivity index (χ1) is 6.45. The summed E-state index contributed by atoms with van der Waals surface area (Å²) in [6.07, 6.45) is 5.31. The highest BCUT2D eigenvalue weighted by molar-refractivity contribution is 7.99. The van der Waals surface area contributed by atoms with Crippen LogP contribution in [0.15, 0.2) is 24.8 Å². The van der Waals surface area contributed by atoms with Gasteiger partial charge in [-0.1, -0.05) is 39.0 Å². The Bertz CT molecular complexity index is 174. The summed E-state index contributed by atoms with van der Waals surface area (Å²) in [7, 11) is 0. The highest BCUT2D eigenvalue weighted by atomic mass is 32.2. The maximum atomic E-state index is 4.07. The molecule has 0 nitrogen and oxygen atoms in total. The Morgan fingerprint density at radius 3 is 2.43 bits per heavy atom. The van der Waals surface area contributed by atoms with Crippen molar-refractivity contribution in [3.8, 4) is 0 Å². The Hall–Kier alpha value is -0.170. The molecule has 0 saturated carbocycles. The van der Waals surface area contributed by atoms with Crippen LogP contribution in [-0.4, -0.2) is 11.5 Å². The van der Waals surface area contributed by atoms with Gasteiger partial charge in [-0.05, 0) is 36.2 Å². The van der Waals surface area contributed by atoms with Gasteiger partial charge in [-0.2, -0.15) is 11.8 Å². The summed E-state index contributed by atoms with van der Waals surface area (Å²) in [6, 6.07) is 0. The molecule has 0 atom stereocenters. The summed E-state index contributed by atoms with van der Waals surface area (Å²) in [5, 5.41) is 0. The van der Waals surface area contributed by atoms with Gasteiger partial charge in [0.25, 0.3) is 0 Å². The van der Waals surface area contributed by atoms with E-state index in [0.29, 0.717) is 5.41 Å². The number of thioether (sulfide) groups is 1. The van der Waals surface area contributed by atoms with Crippen LogP contribution < -0.4 is 0 Å². The molecule has 0 aliphatic carbocycles. The lowest BCUT2D eigenvalue weighted by Gasteiger charge is -2.17. The summed E-state index contributed by atoms with van der Waals surface area (Å²) in [5.74, 6) is 2.45. The maximum absolute atomic E-state index is 4.07. The summed E-state index contributed by atoms with van der Waals surface area (Å²) in [6.45, 7) is 14.6. The maximum Gasteiger partial charge on any atom is -0.00186 e. The first-order valence-electron chi connectivity index (χ1n) is 5.31. The SMILES string of the molecule is C=CCCC(=C)CCSCC(C)(C)C. The third-order valence-electron chi connectivity index (χ3n) is 1.84. The number of hydrogen-bond donors (Lipinski definition) is 0. The summed E-state index contributed by atoms with van der Waals surface area (Å²) in [5.41, 5.74) is 1.82. The zero-order valence-electron chi connectivity index (χ0n) is 9.94. The van der Waals surface area contributed by atoms with Gasteiger partial charge in [-0.3, -0.25) is 0 Å². The monoisotopic (exact) mass is 212 g/mol. The molecule has 0 aliphatic heterocycles. The average molecular weight is 212 g/mol. The molecule has 0 amide bonds. The molecule has 0 rings (SSSR count). The van der Waals surface area contributed by atoms with E-state index >= 15 is 0 Å². The Labute approximate surface area is 93.9 Å². The van der Waals surface area contributed by atoms with Crippen molar-refractivity contribution in [2.24, 2.45) is 5.41 Å². The van der Waals surface area contributed by atoms with Crippen LogP contribution in [0.1, 0.15) is 40.0 Å². The van der Waals surface area contributed by atoms with Crippen molar-refractivity contribution in [3.63, 3.8) is 0 Å². The molecular weight excluding hydrogens is 188 g/mol. The van der Waals surface area contributed by atoms with Gasteiger partial charge < -0.3 is 0 Å². The normalized spacial score (nSPS) is 11.4. The molecule has 82 valence electrons. The Morgan fingerprint density at radius 1 is 1.29 bits per heavy atom. The van der Waals surface area contributed by atoms with E-state index in [1.54, 1.807) is 0 Å². The molecule has 0 radical (unpaired) electrons. The summed E-state index contributed by atoms with van der Waals surface area (Å²) < 4.78 is 0. The fourth-order valence-electron chi connectivity index (χ4n) is 1.03. The largest absolute Gasteiger partial charge is 0.161 e. The highest BCUT2D eigenvalue weighted by Gasteiger charge is 2.09. The standard InChI is InChI=1S/C13H24S/c1-6-7-8-12(2)9-10-14-11-13(3,4)5/h6H,1-2,7-11H2,3-5H3. The molecule has 0 aromatic carbocycles. The Balaban J connectivity index is 3.36. The van der Waals surface area contributed by atoms with Crippen LogP contribution >= 0.6 is 11.8 Å². The number of hydrogen-bond acceptors (Lipinski definition) is 1. The third kappa shape index (κ3) is 9.91. The minimum atomic E-state index is 0.452. The molecule has 0 heterocycles. The molecule has 0 aromatic heterocycles. The van der Waals surface area contributed by atoms with Crippen molar-refractivity contribution in [2.75, 3.05) is 11.5 Å². The van der Waals surface area contributed by atoms with E-state index in [9.17, 15) is 0 Å². The van der Waals surface area contributed by atoms with Gasteiger partial charge in [0, 0.05) is 0 Å². The van der Waals surface area contributed by atoms with Gasteiger partial charge >= 0.3 is 0 Å². The minimum Gasteiger partial charge on any atom is -0.161 e. The highest BCUT2D eigenvalue weighted by Crippen LogP contribution is 2.22. The van der Waals surface area contributed by atoms with Gasteiger partial charge in [0.05, 0.1) is 0 Å². The van der Waals surface area contributed by atoms with E-state index in [4.69, 9.17) is 0 Å². The first kappa shape index (κ1) is 13.8. The van der Waals surface area contributed by atoms with E-state index in [2.05, 4.69) is 33.9 Å². The summed E-state index contributed by atoms with van der Waals surface area (Å²) in [4.78, 5) is 0. The van der Waals surface area contributed by atoms with Crippen LogP contribution in [0.4, 0.5) is 0 Å².